The third-order valence-electron chi connectivity index (χ3n) is 3.82. The second-order valence-corrected chi connectivity index (χ2v) is 5.86. The molecule has 0 radical (unpaired) electrons. The quantitative estimate of drug-likeness (QED) is 0.674. The largest absolute Gasteiger partial charge is 0.381 e. The molecule has 0 atom stereocenters. The molecule has 24 heavy (non-hydrogen) atoms. The van der Waals surface area contributed by atoms with Crippen LogP contribution in [-0.2, 0) is 4.74 Å². The van der Waals surface area contributed by atoms with Crippen LogP contribution in [0.2, 0.25) is 5.02 Å². The van der Waals surface area contributed by atoms with Crippen LogP contribution >= 0.6 is 11.6 Å². The number of benzene rings is 1. The van der Waals surface area contributed by atoms with E-state index in [4.69, 9.17) is 16.3 Å². The maximum atomic E-state index is 12.3. The fraction of sp³-hybridized carbons (Fsp3) is 0.333. The zero-order valence-electron chi connectivity index (χ0n) is 12.6. The van der Waals surface area contributed by atoms with Crippen molar-refractivity contribution in [3.05, 3.63) is 51.3 Å². The summed E-state index contributed by atoms with van der Waals surface area (Å²) >= 11 is 5.84. The average Bonchev–Trinajstić information content (AvgIpc) is 3.03. The highest BCUT2D eigenvalue weighted by Gasteiger charge is 2.22. The molecule has 126 valence electrons. The van der Waals surface area contributed by atoms with Crippen molar-refractivity contribution in [3.8, 4) is 0 Å². The number of nitrogens with zero attached hydrogens (tertiary/aromatic N) is 3. The molecule has 0 bridgehead atoms. The average molecular weight is 351 g/mol. The normalized spacial score (nSPS) is 15.2. The van der Waals surface area contributed by atoms with Crippen LogP contribution in [0.5, 0.6) is 0 Å². The molecule has 0 unspecified atom stereocenters. The number of carbonyl (C=O) groups excluding carboxylic acids is 1. The highest BCUT2D eigenvalue weighted by atomic mass is 35.5. The molecule has 2 heterocycles. The zero-order valence-corrected chi connectivity index (χ0v) is 13.4. The molecular weight excluding hydrogens is 336 g/mol. The molecule has 1 aliphatic rings. The van der Waals surface area contributed by atoms with Gasteiger partial charge >= 0.3 is 0 Å². The predicted molar refractivity (Wildman–Crippen MR) is 87.4 cm³/mol. The first kappa shape index (κ1) is 16.4. The van der Waals surface area contributed by atoms with Gasteiger partial charge in [0, 0.05) is 30.5 Å². The molecule has 1 aliphatic heterocycles. The van der Waals surface area contributed by atoms with E-state index in [9.17, 15) is 14.9 Å². The number of nitrogens with one attached hydrogen (secondary N) is 1. The van der Waals surface area contributed by atoms with Crippen molar-refractivity contribution < 1.29 is 14.5 Å². The Morgan fingerprint density at radius 3 is 2.88 bits per heavy atom. The van der Waals surface area contributed by atoms with Gasteiger partial charge in [-0.3, -0.25) is 19.6 Å². The first-order valence-electron chi connectivity index (χ1n) is 7.42. The Labute approximate surface area is 142 Å². The summed E-state index contributed by atoms with van der Waals surface area (Å²) in [5, 5.41) is 18.2. The summed E-state index contributed by atoms with van der Waals surface area (Å²) in [4.78, 5) is 22.8. The summed E-state index contributed by atoms with van der Waals surface area (Å²) < 4.78 is 7.09. The number of aromatic nitrogens is 2. The maximum Gasteiger partial charge on any atom is 0.282 e. The van der Waals surface area contributed by atoms with E-state index in [-0.39, 0.29) is 22.3 Å². The first-order valence-corrected chi connectivity index (χ1v) is 7.79. The van der Waals surface area contributed by atoms with E-state index in [0.29, 0.717) is 18.9 Å². The number of hydrogen-bond donors (Lipinski definition) is 1. The summed E-state index contributed by atoms with van der Waals surface area (Å²) in [7, 11) is 0. The van der Waals surface area contributed by atoms with Gasteiger partial charge in [0.1, 0.15) is 5.56 Å². The Morgan fingerprint density at radius 1 is 1.42 bits per heavy atom. The van der Waals surface area contributed by atoms with Gasteiger partial charge in [-0.1, -0.05) is 11.6 Å². The topological polar surface area (TPSA) is 99.3 Å². The molecule has 9 heteroatoms. The zero-order chi connectivity index (χ0) is 17.1. The molecular formula is C15H15ClN4O4. The van der Waals surface area contributed by atoms with E-state index in [2.05, 4.69) is 10.4 Å². The molecule has 0 aliphatic carbocycles. The van der Waals surface area contributed by atoms with Crippen LogP contribution in [0.15, 0.2) is 30.6 Å². The van der Waals surface area contributed by atoms with Crippen molar-refractivity contribution in [1.29, 1.82) is 0 Å². The van der Waals surface area contributed by atoms with Crippen molar-refractivity contribution in [2.45, 2.75) is 18.9 Å². The van der Waals surface area contributed by atoms with E-state index in [1.807, 2.05) is 0 Å². The van der Waals surface area contributed by atoms with Gasteiger partial charge in [0.25, 0.3) is 11.6 Å². The second-order valence-electron chi connectivity index (χ2n) is 5.43. The third-order valence-corrected chi connectivity index (χ3v) is 4.06. The van der Waals surface area contributed by atoms with Crippen LogP contribution in [0.25, 0.3) is 0 Å². The summed E-state index contributed by atoms with van der Waals surface area (Å²) in [5.41, 5.74) is 0.0841. The number of nitro groups is 1. The highest BCUT2D eigenvalue weighted by molar-refractivity contribution is 6.31. The summed E-state index contributed by atoms with van der Waals surface area (Å²) in [6.45, 7) is 1.36. The van der Waals surface area contributed by atoms with Gasteiger partial charge in [-0.05, 0) is 25.0 Å². The number of ether oxygens (including phenoxy) is 1. The lowest BCUT2D eigenvalue weighted by molar-refractivity contribution is -0.385. The molecule has 0 spiro atoms. The van der Waals surface area contributed by atoms with E-state index >= 15 is 0 Å². The minimum absolute atomic E-state index is 0.0914. The number of amides is 1. The first-order chi connectivity index (χ1) is 11.5. The molecule has 1 aromatic carbocycles. The number of anilines is 1. The monoisotopic (exact) mass is 350 g/mol. The molecule has 1 fully saturated rings. The number of halogens is 1. The minimum atomic E-state index is -0.614. The molecule has 8 nitrogen and oxygen atoms in total. The molecule has 1 amide bonds. The van der Waals surface area contributed by atoms with Crippen molar-refractivity contribution in [2.24, 2.45) is 0 Å². The molecule has 3 rings (SSSR count). The summed E-state index contributed by atoms with van der Waals surface area (Å²) in [6, 6.07) is 4.09. The Hall–Kier alpha value is -2.45. The number of hydrogen-bond acceptors (Lipinski definition) is 5. The summed E-state index contributed by atoms with van der Waals surface area (Å²) in [6.07, 6.45) is 4.94. The number of nitro benzene ring substituents is 1. The van der Waals surface area contributed by atoms with Crippen molar-refractivity contribution in [3.63, 3.8) is 0 Å². The van der Waals surface area contributed by atoms with Crippen molar-refractivity contribution in [1.82, 2.24) is 9.78 Å². The van der Waals surface area contributed by atoms with E-state index in [0.717, 1.165) is 12.8 Å². The van der Waals surface area contributed by atoms with Crippen LogP contribution in [0.3, 0.4) is 0 Å². The predicted octanol–water partition coefficient (Wildman–Crippen LogP) is 3.05. The molecule has 2 aromatic rings. The number of rotatable bonds is 4. The minimum Gasteiger partial charge on any atom is -0.381 e. The van der Waals surface area contributed by atoms with Crippen molar-refractivity contribution >= 4 is 28.9 Å². The van der Waals surface area contributed by atoms with Gasteiger partial charge in [-0.15, -0.1) is 0 Å². The van der Waals surface area contributed by atoms with Crippen LogP contribution in [0.1, 0.15) is 29.2 Å². The van der Waals surface area contributed by atoms with Crippen LogP contribution in [0, 0.1) is 10.1 Å². The lowest BCUT2D eigenvalue weighted by Gasteiger charge is -2.22. The maximum absolute atomic E-state index is 12.3. The van der Waals surface area contributed by atoms with E-state index in [1.54, 1.807) is 10.9 Å². The Kier molecular flexibility index (Phi) is 4.77. The van der Waals surface area contributed by atoms with Gasteiger partial charge in [0.15, 0.2) is 0 Å². The van der Waals surface area contributed by atoms with Gasteiger partial charge < -0.3 is 10.1 Å². The number of carbonyl (C=O) groups is 1. The lowest BCUT2D eigenvalue weighted by atomic mass is 10.1. The fourth-order valence-corrected chi connectivity index (χ4v) is 2.77. The molecule has 1 saturated heterocycles. The van der Waals surface area contributed by atoms with E-state index in [1.165, 1.54) is 24.4 Å². The molecule has 1 N–H and O–H groups in total. The Bertz CT molecular complexity index is 771. The molecule has 0 saturated carbocycles. The summed E-state index contributed by atoms with van der Waals surface area (Å²) in [5.74, 6) is -0.601. The van der Waals surface area contributed by atoms with Crippen molar-refractivity contribution in [2.75, 3.05) is 18.5 Å². The van der Waals surface area contributed by atoms with Gasteiger partial charge in [0.05, 0.1) is 22.8 Å². The van der Waals surface area contributed by atoms with Crippen LogP contribution < -0.4 is 5.32 Å². The SMILES string of the molecule is O=C(Nc1cnn(C2CCOCC2)c1)c1cc(Cl)ccc1[N+](=O)[O-]. The third kappa shape index (κ3) is 3.55. The smallest absolute Gasteiger partial charge is 0.282 e. The van der Waals surface area contributed by atoms with Gasteiger partial charge in [-0.2, -0.15) is 5.10 Å². The second kappa shape index (κ2) is 6.98. The molecule has 1 aromatic heterocycles. The Balaban J connectivity index is 1.77. The fourth-order valence-electron chi connectivity index (χ4n) is 2.60. The Morgan fingerprint density at radius 2 is 2.17 bits per heavy atom. The highest BCUT2D eigenvalue weighted by Crippen LogP contribution is 2.25. The van der Waals surface area contributed by atoms with Gasteiger partial charge in [-0.25, -0.2) is 0 Å². The van der Waals surface area contributed by atoms with Crippen LogP contribution in [-0.4, -0.2) is 33.8 Å². The lowest BCUT2D eigenvalue weighted by Crippen LogP contribution is -2.19. The van der Waals surface area contributed by atoms with Gasteiger partial charge in [0.2, 0.25) is 0 Å². The van der Waals surface area contributed by atoms with Crippen LogP contribution in [0.4, 0.5) is 11.4 Å². The standard InChI is InChI=1S/C15H15ClN4O4/c16-10-1-2-14(20(22)23)13(7-10)15(21)18-11-8-17-19(9-11)12-3-5-24-6-4-12/h1-2,7-9,12H,3-6H2,(H,18,21). The van der Waals surface area contributed by atoms with E-state index < -0.39 is 10.8 Å².